The van der Waals surface area contributed by atoms with Crippen molar-refractivity contribution in [3.8, 4) is 39.9 Å². The van der Waals surface area contributed by atoms with Crippen LogP contribution in [0.3, 0.4) is 0 Å². The SMILES string of the molecule is CC1(C)CCC(C)(C)c2cc3c(cc21)c1ccccc1n3-c1cccc(-c2nc(-c3ccccc3)nc(-c3ccc4c5ccccc5c5ccccc5c4c3)n2)c1. The Morgan fingerprint density at radius 1 is 0.368 bits per heavy atom. The first-order valence-electron chi connectivity index (χ1n) is 20.1. The Bertz CT molecular complexity index is 3210. The Morgan fingerprint density at radius 2 is 0.860 bits per heavy atom. The summed E-state index contributed by atoms with van der Waals surface area (Å²) in [6.45, 7) is 9.63. The molecule has 0 unspecified atom stereocenters. The van der Waals surface area contributed by atoms with E-state index in [0.29, 0.717) is 17.5 Å². The van der Waals surface area contributed by atoms with E-state index in [9.17, 15) is 0 Å². The number of aromatic nitrogens is 4. The van der Waals surface area contributed by atoms with Gasteiger partial charge in [0.05, 0.1) is 11.0 Å². The summed E-state index contributed by atoms with van der Waals surface area (Å²) < 4.78 is 2.44. The zero-order valence-corrected chi connectivity index (χ0v) is 32.7. The van der Waals surface area contributed by atoms with Crippen LogP contribution in [0.2, 0.25) is 0 Å². The molecule has 0 N–H and O–H groups in total. The molecule has 0 saturated heterocycles. The van der Waals surface area contributed by atoms with Crippen LogP contribution >= 0.6 is 0 Å². The maximum atomic E-state index is 5.26. The van der Waals surface area contributed by atoms with Crippen molar-refractivity contribution in [3.63, 3.8) is 0 Å². The van der Waals surface area contributed by atoms with E-state index in [1.54, 1.807) is 0 Å². The molecule has 2 aromatic heterocycles. The molecule has 8 aromatic carbocycles. The van der Waals surface area contributed by atoms with E-state index in [-0.39, 0.29) is 10.8 Å². The highest BCUT2D eigenvalue weighted by Gasteiger charge is 2.38. The van der Waals surface area contributed by atoms with Crippen LogP contribution in [0.4, 0.5) is 0 Å². The molecule has 57 heavy (non-hydrogen) atoms. The highest BCUT2D eigenvalue weighted by atomic mass is 15.0. The second kappa shape index (κ2) is 12.4. The molecule has 2 heterocycles. The molecule has 0 saturated carbocycles. The Hall–Kier alpha value is -6.65. The fourth-order valence-electron chi connectivity index (χ4n) is 9.49. The molecule has 10 aromatic rings. The standard InChI is InChI=1S/C53H42N4/c1-52(2)27-28-53(3,4)46-32-48-44(31-45(46)52)42-23-12-13-24-47(42)57(48)36-18-14-17-34(29-36)50-54-49(33-15-6-5-7-16-33)55-51(56-50)35-25-26-41-39-21-9-8-19-37(39)38-20-10-11-22-40(38)43(41)30-35/h5-26,29-32H,27-28H2,1-4H3. The summed E-state index contributed by atoms with van der Waals surface area (Å²) in [6, 6.07) is 56.8. The first-order chi connectivity index (χ1) is 27.7. The van der Waals surface area contributed by atoms with Crippen molar-refractivity contribution in [2.24, 2.45) is 0 Å². The van der Waals surface area contributed by atoms with Crippen LogP contribution in [-0.4, -0.2) is 19.5 Å². The molecule has 0 amide bonds. The first kappa shape index (κ1) is 33.7. The Kier molecular flexibility index (Phi) is 7.34. The molecule has 0 bridgehead atoms. The third kappa shape index (κ3) is 5.31. The Balaban J connectivity index is 1.12. The van der Waals surface area contributed by atoms with Gasteiger partial charge in [-0.15, -0.1) is 0 Å². The van der Waals surface area contributed by atoms with Gasteiger partial charge in [-0.25, -0.2) is 15.0 Å². The molecule has 1 aliphatic carbocycles. The molecular weight excluding hydrogens is 693 g/mol. The van der Waals surface area contributed by atoms with Gasteiger partial charge in [-0.2, -0.15) is 0 Å². The van der Waals surface area contributed by atoms with Gasteiger partial charge >= 0.3 is 0 Å². The minimum atomic E-state index is 0.0967. The largest absolute Gasteiger partial charge is 0.309 e. The molecule has 1 aliphatic rings. The lowest BCUT2D eigenvalue weighted by atomic mass is 9.63. The van der Waals surface area contributed by atoms with Crippen LogP contribution < -0.4 is 0 Å². The van der Waals surface area contributed by atoms with Gasteiger partial charge in [0.2, 0.25) is 0 Å². The summed E-state index contributed by atoms with van der Waals surface area (Å²) in [6.07, 6.45) is 2.36. The number of hydrogen-bond acceptors (Lipinski definition) is 3. The second-order valence-electron chi connectivity index (χ2n) is 17.1. The van der Waals surface area contributed by atoms with Gasteiger partial charge in [0.15, 0.2) is 17.5 Å². The molecule has 0 atom stereocenters. The molecule has 0 radical (unpaired) electrons. The fraction of sp³-hybridized carbons (Fsp3) is 0.151. The quantitative estimate of drug-likeness (QED) is 0.169. The third-order valence-corrected chi connectivity index (χ3v) is 12.7. The van der Waals surface area contributed by atoms with Gasteiger partial charge in [0.1, 0.15) is 0 Å². The molecule has 4 heteroatoms. The van der Waals surface area contributed by atoms with Crippen LogP contribution in [0.25, 0.3) is 94.0 Å². The first-order valence-corrected chi connectivity index (χ1v) is 20.1. The number of benzene rings is 8. The van der Waals surface area contributed by atoms with Gasteiger partial charge in [-0.1, -0.05) is 149 Å². The third-order valence-electron chi connectivity index (χ3n) is 12.7. The molecule has 11 rings (SSSR count). The van der Waals surface area contributed by atoms with Gasteiger partial charge < -0.3 is 4.57 Å². The van der Waals surface area contributed by atoms with E-state index >= 15 is 0 Å². The Morgan fingerprint density at radius 3 is 1.51 bits per heavy atom. The predicted octanol–water partition coefficient (Wildman–Crippen LogP) is 13.8. The number of nitrogens with zero attached hydrogens (tertiary/aromatic N) is 4. The van der Waals surface area contributed by atoms with Crippen molar-refractivity contribution >= 4 is 54.1 Å². The van der Waals surface area contributed by atoms with Crippen LogP contribution in [-0.2, 0) is 10.8 Å². The summed E-state index contributed by atoms with van der Waals surface area (Å²) >= 11 is 0. The van der Waals surface area contributed by atoms with Crippen molar-refractivity contribution in [2.75, 3.05) is 0 Å². The van der Waals surface area contributed by atoms with Crippen molar-refractivity contribution in [2.45, 2.75) is 51.4 Å². The van der Waals surface area contributed by atoms with Gasteiger partial charge in [-0.3, -0.25) is 0 Å². The smallest absolute Gasteiger partial charge is 0.164 e. The highest BCUT2D eigenvalue weighted by Crippen LogP contribution is 2.48. The Labute approximate surface area is 332 Å². The molecular formula is C53H42N4. The molecule has 4 nitrogen and oxygen atoms in total. The fourth-order valence-corrected chi connectivity index (χ4v) is 9.49. The van der Waals surface area contributed by atoms with Gasteiger partial charge in [0, 0.05) is 33.2 Å². The molecule has 0 aliphatic heterocycles. The van der Waals surface area contributed by atoms with Crippen LogP contribution in [0.1, 0.15) is 51.7 Å². The lowest BCUT2D eigenvalue weighted by Gasteiger charge is -2.42. The van der Waals surface area contributed by atoms with E-state index in [0.717, 1.165) is 22.4 Å². The van der Waals surface area contributed by atoms with Crippen LogP contribution in [0.5, 0.6) is 0 Å². The average Bonchev–Trinajstić information content (AvgIpc) is 3.58. The highest BCUT2D eigenvalue weighted by molar-refractivity contribution is 6.25. The van der Waals surface area contributed by atoms with Gasteiger partial charge in [0.25, 0.3) is 0 Å². The zero-order valence-electron chi connectivity index (χ0n) is 32.7. The summed E-state index contributed by atoms with van der Waals surface area (Å²) in [4.78, 5) is 15.6. The number of para-hydroxylation sites is 1. The van der Waals surface area contributed by atoms with Gasteiger partial charge in [-0.05, 0) is 104 Å². The molecule has 0 spiro atoms. The summed E-state index contributed by atoms with van der Waals surface area (Å²) in [5, 5.41) is 9.94. The minimum Gasteiger partial charge on any atom is -0.309 e. The second-order valence-corrected chi connectivity index (χ2v) is 17.1. The molecule has 274 valence electrons. The topological polar surface area (TPSA) is 43.6 Å². The van der Waals surface area contributed by atoms with E-state index < -0.39 is 0 Å². The lowest BCUT2D eigenvalue weighted by molar-refractivity contribution is 0.332. The van der Waals surface area contributed by atoms with Crippen LogP contribution in [0, 0.1) is 0 Å². The normalized spacial score (nSPS) is 14.8. The van der Waals surface area contributed by atoms with Crippen molar-refractivity contribution in [1.82, 2.24) is 19.5 Å². The monoisotopic (exact) mass is 734 g/mol. The lowest BCUT2D eigenvalue weighted by Crippen LogP contribution is -2.33. The number of rotatable bonds is 4. The molecule has 0 fully saturated rings. The van der Waals surface area contributed by atoms with Crippen LogP contribution in [0.15, 0.2) is 158 Å². The zero-order chi connectivity index (χ0) is 38.5. The van der Waals surface area contributed by atoms with E-state index in [2.05, 4.69) is 172 Å². The van der Waals surface area contributed by atoms with E-state index in [1.807, 2.05) is 18.2 Å². The van der Waals surface area contributed by atoms with Crippen molar-refractivity contribution in [1.29, 1.82) is 0 Å². The van der Waals surface area contributed by atoms with E-state index in [1.165, 1.54) is 78.1 Å². The average molecular weight is 735 g/mol. The maximum Gasteiger partial charge on any atom is 0.164 e. The summed E-state index contributed by atoms with van der Waals surface area (Å²) in [5.74, 6) is 1.94. The number of hydrogen-bond donors (Lipinski definition) is 0. The van der Waals surface area contributed by atoms with Crippen molar-refractivity contribution < 1.29 is 0 Å². The van der Waals surface area contributed by atoms with Crippen molar-refractivity contribution in [3.05, 3.63) is 169 Å². The minimum absolute atomic E-state index is 0.0967. The maximum absolute atomic E-state index is 5.26. The predicted molar refractivity (Wildman–Crippen MR) is 238 cm³/mol. The summed E-state index contributed by atoms with van der Waals surface area (Å²) in [5.41, 5.74) is 9.51. The summed E-state index contributed by atoms with van der Waals surface area (Å²) in [7, 11) is 0. The van der Waals surface area contributed by atoms with E-state index in [4.69, 9.17) is 15.0 Å². The number of fused-ring (bicyclic) bond motifs is 10.